The molecule has 2 amide bonds. The fourth-order valence-corrected chi connectivity index (χ4v) is 3.72. The Bertz CT molecular complexity index is 901. The lowest BCUT2D eigenvalue weighted by molar-refractivity contribution is 0.193. The fourth-order valence-electron chi connectivity index (χ4n) is 3.06. The lowest BCUT2D eigenvalue weighted by atomic mass is 10.2. The molecule has 7 nitrogen and oxygen atoms in total. The molecule has 27 heavy (non-hydrogen) atoms. The third kappa shape index (κ3) is 3.90. The minimum atomic E-state index is -0.118. The van der Waals surface area contributed by atoms with Crippen molar-refractivity contribution < 1.29 is 14.3 Å². The molecule has 3 heterocycles. The summed E-state index contributed by atoms with van der Waals surface area (Å²) < 4.78 is 5.47. The van der Waals surface area contributed by atoms with Gasteiger partial charge in [-0.25, -0.2) is 9.78 Å². The number of piperazine rings is 1. The summed E-state index contributed by atoms with van der Waals surface area (Å²) in [7, 11) is 0. The van der Waals surface area contributed by atoms with Crippen LogP contribution in [0.5, 0.6) is 5.75 Å². The Hall–Kier alpha value is -3.00. The molecule has 0 aliphatic carbocycles. The number of anilines is 1. The average Bonchev–Trinajstić information content (AvgIpc) is 3.38. The van der Waals surface area contributed by atoms with Gasteiger partial charge < -0.3 is 24.6 Å². The third-order valence-corrected chi connectivity index (χ3v) is 5.35. The highest BCUT2D eigenvalue weighted by Crippen LogP contribution is 2.27. The van der Waals surface area contributed by atoms with E-state index in [0.717, 1.165) is 10.6 Å². The summed E-state index contributed by atoms with van der Waals surface area (Å²) in [5.41, 5.74) is 1.50. The molecule has 0 spiro atoms. The van der Waals surface area contributed by atoms with Crippen LogP contribution in [-0.2, 0) is 6.54 Å². The van der Waals surface area contributed by atoms with E-state index in [4.69, 9.17) is 4.42 Å². The van der Waals surface area contributed by atoms with E-state index in [1.807, 2.05) is 29.6 Å². The van der Waals surface area contributed by atoms with Crippen molar-refractivity contribution in [3.8, 4) is 16.5 Å². The van der Waals surface area contributed by atoms with Crippen LogP contribution in [0.25, 0.3) is 10.8 Å². The molecule has 0 atom stereocenters. The highest BCUT2D eigenvalue weighted by Gasteiger charge is 2.22. The molecule has 8 heteroatoms. The number of para-hydroxylation sites is 2. The molecular formula is C19H20N4O3S. The van der Waals surface area contributed by atoms with Crippen molar-refractivity contribution >= 4 is 23.1 Å². The number of oxazole rings is 1. The second kappa shape index (κ2) is 7.71. The largest absolute Gasteiger partial charge is 0.506 e. The van der Waals surface area contributed by atoms with Gasteiger partial charge in [0.15, 0.2) is 0 Å². The molecule has 1 aromatic carbocycles. The van der Waals surface area contributed by atoms with Crippen LogP contribution in [0.2, 0.25) is 0 Å². The number of aromatic hydroxyl groups is 1. The number of thiophene rings is 1. The number of rotatable bonds is 4. The van der Waals surface area contributed by atoms with E-state index in [9.17, 15) is 9.90 Å². The number of amides is 2. The van der Waals surface area contributed by atoms with Gasteiger partial charge >= 0.3 is 6.03 Å². The van der Waals surface area contributed by atoms with Crippen molar-refractivity contribution in [1.29, 1.82) is 0 Å². The van der Waals surface area contributed by atoms with Crippen LogP contribution in [0.3, 0.4) is 0 Å². The zero-order chi connectivity index (χ0) is 18.6. The van der Waals surface area contributed by atoms with Gasteiger partial charge in [-0.3, -0.25) is 0 Å². The van der Waals surface area contributed by atoms with Crippen molar-refractivity contribution in [2.24, 2.45) is 0 Å². The summed E-state index contributed by atoms with van der Waals surface area (Å²) >= 11 is 1.56. The number of nitrogens with one attached hydrogen (secondary N) is 1. The van der Waals surface area contributed by atoms with Crippen molar-refractivity contribution in [3.63, 3.8) is 0 Å². The lowest BCUT2D eigenvalue weighted by Crippen LogP contribution is -2.51. The van der Waals surface area contributed by atoms with E-state index in [2.05, 4.69) is 15.2 Å². The van der Waals surface area contributed by atoms with Crippen molar-refractivity contribution in [3.05, 3.63) is 53.7 Å². The van der Waals surface area contributed by atoms with Crippen LogP contribution in [-0.4, -0.2) is 47.2 Å². The first-order valence-electron chi connectivity index (χ1n) is 8.75. The lowest BCUT2D eigenvalue weighted by Gasteiger charge is -2.36. The molecule has 1 aliphatic heterocycles. The highest BCUT2D eigenvalue weighted by atomic mass is 32.1. The number of hydrogen-bond acceptors (Lipinski definition) is 6. The maximum atomic E-state index is 12.4. The number of hydrogen-bond donors (Lipinski definition) is 2. The van der Waals surface area contributed by atoms with Gasteiger partial charge in [-0.15, -0.1) is 11.3 Å². The van der Waals surface area contributed by atoms with E-state index in [0.29, 0.717) is 44.3 Å². The summed E-state index contributed by atoms with van der Waals surface area (Å²) in [6.45, 7) is 2.88. The Balaban J connectivity index is 1.28. The van der Waals surface area contributed by atoms with Crippen molar-refractivity contribution in [2.75, 3.05) is 31.1 Å². The van der Waals surface area contributed by atoms with E-state index >= 15 is 0 Å². The Morgan fingerprint density at radius 1 is 1.19 bits per heavy atom. The number of carbonyl (C=O) groups excluding carboxylic acids is 1. The highest BCUT2D eigenvalue weighted by molar-refractivity contribution is 7.13. The smallest absolute Gasteiger partial charge is 0.317 e. The maximum Gasteiger partial charge on any atom is 0.317 e. The molecule has 1 aliphatic rings. The van der Waals surface area contributed by atoms with Gasteiger partial charge in [-0.1, -0.05) is 18.2 Å². The molecule has 1 fully saturated rings. The van der Waals surface area contributed by atoms with E-state index in [1.54, 1.807) is 34.6 Å². The molecule has 0 unspecified atom stereocenters. The summed E-state index contributed by atoms with van der Waals surface area (Å²) in [6, 6.07) is 11.0. The number of benzene rings is 1. The molecule has 3 aromatic rings. The van der Waals surface area contributed by atoms with Crippen molar-refractivity contribution in [2.45, 2.75) is 6.54 Å². The minimum Gasteiger partial charge on any atom is -0.506 e. The van der Waals surface area contributed by atoms with Gasteiger partial charge in [0.2, 0.25) is 5.89 Å². The Labute approximate surface area is 160 Å². The first-order chi connectivity index (χ1) is 13.2. The number of nitrogens with zero attached hydrogens (tertiary/aromatic N) is 3. The minimum absolute atomic E-state index is 0.118. The van der Waals surface area contributed by atoms with Gasteiger partial charge in [-0.05, 0) is 23.6 Å². The van der Waals surface area contributed by atoms with E-state index < -0.39 is 0 Å². The second-order valence-electron chi connectivity index (χ2n) is 6.24. The quantitative estimate of drug-likeness (QED) is 0.722. The average molecular weight is 384 g/mol. The maximum absolute atomic E-state index is 12.4. The molecule has 140 valence electrons. The standard InChI is InChI=1S/C19H20N4O3S/c24-16-5-2-1-4-15(16)22-7-9-23(10-8-22)19(25)20-12-14-13-26-18(21-14)17-6-3-11-27-17/h1-6,11,13,24H,7-10,12H2,(H,20,25). The number of urea groups is 1. The first kappa shape index (κ1) is 17.4. The van der Waals surface area contributed by atoms with Crippen LogP contribution in [0.4, 0.5) is 10.5 Å². The molecule has 0 radical (unpaired) electrons. The van der Waals surface area contributed by atoms with E-state index in [1.165, 1.54) is 0 Å². The van der Waals surface area contributed by atoms with Crippen molar-refractivity contribution in [1.82, 2.24) is 15.2 Å². The number of phenolic OH excluding ortho intramolecular Hbond substituents is 1. The van der Waals surface area contributed by atoms with Crippen LogP contribution in [0.1, 0.15) is 5.69 Å². The van der Waals surface area contributed by atoms with Crippen LogP contribution in [0.15, 0.2) is 52.5 Å². The van der Waals surface area contributed by atoms with Gasteiger partial charge in [0, 0.05) is 26.2 Å². The van der Waals surface area contributed by atoms with Crippen LogP contribution < -0.4 is 10.2 Å². The molecule has 2 N–H and O–H groups in total. The predicted molar refractivity (Wildman–Crippen MR) is 104 cm³/mol. The monoisotopic (exact) mass is 384 g/mol. The van der Waals surface area contributed by atoms with Gasteiger partial charge in [0.05, 0.1) is 22.8 Å². The summed E-state index contributed by atoms with van der Waals surface area (Å²) in [5, 5.41) is 14.8. The molecule has 2 aromatic heterocycles. The molecule has 0 saturated carbocycles. The predicted octanol–water partition coefficient (Wildman–Crippen LogP) is 3.14. The summed E-state index contributed by atoms with van der Waals surface area (Å²) in [6.07, 6.45) is 1.57. The van der Waals surface area contributed by atoms with Crippen LogP contribution >= 0.6 is 11.3 Å². The number of aromatic nitrogens is 1. The molecule has 4 rings (SSSR count). The van der Waals surface area contributed by atoms with E-state index in [-0.39, 0.29) is 11.8 Å². The van der Waals surface area contributed by atoms with Gasteiger partial charge in [-0.2, -0.15) is 0 Å². The Morgan fingerprint density at radius 2 is 2.00 bits per heavy atom. The fraction of sp³-hybridized carbons (Fsp3) is 0.263. The first-order valence-corrected chi connectivity index (χ1v) is 9.62. The van der Waals surface area contributed by atoms with Gasteiger partial charge in [0.25, 0.3) is 0 Å². The summed E-state index contributed by atoms with van der Waals surface area (Å²) in [5.74, 6) is 0.841. The Morgan fingerprint density at radius 3 is 2.74 bits per heavy atom. The second-order valence-corrected chi connectivity index (χ2v) is 7.19. The third-order valence-electron chi connectivity index (χ3n) is 4.49. The number of carbonyl (C=O) groups is 1. The number of phenols is 1. The molecule has 0 bridgehead atoms. The molecular weight excluding hydrogens is 364 g/mol. The Kier molecular flexibility index (Phi) is 4.97. The normalized spacial score (nSPS) is 14.4. The van der Waals surface area contributed by atoms with Crippen LogP contribution in [0, 0.1) is 0 Å². The topological polar surface area (TPSA) is 81.8 Å². The SMILES string of the molecule is O=C(NCc1coc(-c2cccs2)n1)N1CCN(c2ccccc2O)CC1. The van der Waals surface area contributed by atoms with Gasteiger partial charge in [0.1, 0.15) is 12.0 Å². The zero-order valence-electron chi connectivity index (χ0n) is 14.7. The zero-order valence-corrected chi connectivity index (χ0v) is 15.5. The summed E-state index contributed by atoms with van der Waals surface area (Å²) in [4.78, 5) is 21.6. The molecule has 1 saturated heterocycles.